The van der Waals surface area contributed by atoms with Gasteiger partial charge in [-0.05, 0) is 23.6 Å². The van der Waals surface area contributed by atoms with E-state index in [1.54, 1.807) is 12.3 Å². The Labute approximate surface area is 119 Å². The van der Waals surface area contributed by atoms with Gasteiger partial charge in [-0.3, -0.25) is 9.59 Å². The van der Waals surface area contributed by atoms with Crippen LogP contribution in [0.25, 0.3) is 0 Å². The van der Waals surface area contributed by atoms with Crippen molar-refractivity contribution in [3.63, 3.8) is 0 Å². The maximum Gasteiger partial charge on any atom is 0.230 e. The molecular weight excluding hydrogens is 282 g/mol. The lowest BCUT2D eigenvalue weighted by Gasteiger charge is -2.03. The van der Waals surface area contributed by atoms with Crippen LogP contribution in [0, 0.1) is 0 Å². The van der Waals surface area contributed by atoms with Crippen LogP contribution in [0.1, 0.15) is 15.4 Å². The van der Waals surface area contributed by atoms with Crippen LogP contribution in [0.3, 0.4) is 0 Å². The molecule has 1 amide bonds. The van der Waals surface area contributed by atoms with Crippen LogP contribution in [0.4, 0.5) is 0 Å². The zero-order valence-corrected chi connectivity index (χ0v) is 11.8. The van der Waals surface area contributed by atoms with Crippen LogP contribution in [0.2, 0.25) is 0 Å². The first-order chi connectivity index (χ1) is 9.25. The number of rotatable bonds is 7. The van der Waals surface area contributed by atoms with Gasteiger partial charge < -0.3 is 9.73 Å². The van der Waals surface area contributed by atoms with Gasteiger partial charge in [-0.25, -0.2) is 0 Å². The third-order valence-corrected chi connectivity index (χ3v) is 4.17. The number of thioether (sulfide) groups is 1. The Morgan fingerprint density at radius 3 is 2.89 bits per heavy atom. The molecular formula is C13H13NO3S2. The van der Waals surface area contributed by atoms with E-state index in [0.717, 1.165) is 5.76 Å². The summed E-state index contributed by atoms with van der Waals surface area (Å²) in [5.41, 5.74) is 0. The third-order valence-electron chi connectivity index (χ3n) is 2.30. The number of furan rings is 1. The minimum Gasteiger partial charge on any atom is -0.468 e. The van der Waals surface area contributed by atoms with Gasteiger partial charge in [-0.1, -0.05) is 6.07 Å². The highest BCUT2D eigenvalue weighted by Gasteiger charge is 2.09. The minimum atomic E-state index is -0.138. The second kappa shape index (κ2) is 7.16. The third kappa shape index (κ3) is 4.57. The molecule has 0 spiro atoms. The lowest BCUT2D eigenvalue weighted by Crippen LogP contribution is -2.30. The van der Waals surface area contributed by atoms with Gasteiger partial charge in [0.2, 0.25) is 5.91 Å². The van der Waals surface area contributed by atoms with E-state index >= 15 is 0 Å². The van der Waals surface area contributed by atoms with Gasteiger partial charge in [0, 0.05) is 0 Å². The maximum absolute atomic E-state index is 11.6. The van der Waals surface area contributed by atoms with Gasteiger partial charge in [0.25, 0.3) is 0 Å². The molecule has 0 unspecified atom stereocenters. The fourth-order valence-corrected chi connectivity index (χ4v) is 2.81. The lowest BCUT2D eigenvalue weighted by molar-refractivity contribution is -0.118. The summed E-state index contributed by atoms with van der Waals surface area (Å²) in [6.07, 6.45) is 1.61. The Hall–Kier alpha value is -1.53. The summed E-state index contributed by atoms with van der Waals surface area (Å²) in [5, 5.41) is 4.46. The quantitative estimate of drug-likeness (QED) is 0.798. The van der Waals surface area contributed by atoms with E-state index in [-0.39, 0.29) is 18.2 Å². The zero-order chi connectivity index (χ0) is 13.5. The molecule has 0 fully saturated rings. The molecule has 0 saturated heterocycles. The second-order valence-corrected chi connectivity index (χ2v) is 5.68. The molecule has 100 valence electrons. The molecule has 0 aliphatic heterocycles. The molecule has 0 aliphatic rings. The smallest absolute Gasteiger partial charge is 0.230 e. The fourth-order valence-electron chi connectivity index (χ4n) is 1.39. The van der Waals surface area contributed by atoms with Gasteiger partial charge in [0.05, 0.1) is 29.2 Å². The Kier molecular flexibility index (Phi) is 5.23. The van der Waals surface area contributed by atoms with Gasteiger partial charge in [-0.15, -0.1) is 23.1 Å². The number of hydrogen-bond acceptors (Lipinski definition) is 5. The minimum absolute atomic E-state index is 0.0561. The van der Waals surface area contributed by atoms with E-state index in [2.05, 4.69) is 5.32 Å². The summed E-state index contributed by atoms with van der Waals surface area (Å²) >= 11 is 2.83. The number of hydrogen-bond donors (Lipinski definition) is 1. The number of carbonyl (C=O) groups is 2. The summed E-state index contributed by atoms with van der Waals surface area (Å²) < 4.78 is 5.16. The zero-order valence-electron chi connectivity index (χ0n) is 10.1. The van der Waals surface area contributed by atoms with Crippen LogP contribution < -0.4 is 5.32 Å². The normalized spacial score (nSPS) is 10.3. The lowest BCUT2D eigenvalue weighted by atomic mass is 10.3. The number of thiophene rings is 1. The Bertz CT molecular complexity index is 520. The summed E-state index contributed by atoms with van der Waals surface area (Å²) in [5.74, 6) is 1.62. The number of carbonyl (C=O) groups excluding carboxylic acids is 2. The molecule has 19 heavy (non-hydrogen) atoms. The van der Waals surface area contributed by atoms with Crippen molar-refractivity contribution in [2.24, 2.45) is 0 Å². The van der Waals surface area contributed by atoms with Crippen LogP contribution in [0.5, 0.6) is 0 Å². The van der Waals surface area contributed by atoms with Gasteiger partial charge >= 0.3 is 0 Å². The molecule has 2 heterocycles. The number of ketones is 1. The van der Waals surface area contributed by atoms with E-state index in [4.69, 9.17) is 4.42 Å². The van der Waals surface area contributed by atoms with Gasteiger partial charge in [-0.2, -0.15) is 0 Å². The average molecular weight is 295 g/mol. The summed E-state index contributed by atoms with van der Waals surface area (Å²) in [6.45, 7) is 0.0562. The highest BCUT2D eigenvalue weighted by Crippen LogP contribution is 2.12. The number of Topliss-reactive ketones (excluding diaryl/α,β-unsaturated/α-hetero) is 1. The van der Waals surface area contributed by atoms with E-state index in [1.165, 1.54) is 23.1 Å². The SMILES string of the molecule is O=C(CSCc1ccco1)NCC(=O)c1cccs1. The standard InChI is InChI=1S/C13H13NO3S2/c15-11(12-4-2-6-19-12)7-14-13(16)9-18-8-10-3-1-5-17-10/h1-6H,7-9H2,(H,14,16). The molecule has 2 aromatic rings. The van der Waals surface area contributed by atoms with E-state index < -0.39 is 0 Å². The predicted octanol–water partition coefficient (Wildman–Crippen LogP) is 2.57. The molecule has 0 atom stereocenters. The van der Waals surface area contributed by atoms with E-state index in [9.17, 15) is 9.59 Å². The number of amides is 1. The van der Waals surface area contributed by atoms with Crippen molar-refractivity contribution in [3.05, 3.63) is 46.5 Å². The Morgan fingerprint density at radius 2 is 2.21 bits per heavy atom. The topological polar surface area (TPSA) is 59.3 Å². The van der Waals surface area contributed by atoms with Gasteiger partial charge in [0.15, 0.2) is 5.78 Å². The van der Waals surface area contributed by atoms with Crippen molar-refractivity contribution >= 4 is 34.8 Å². The van der Waals surface area contributed by atoms with Crippen molar-refractivity contribution < 1.29 is 14.0 Å². The Morgan fingerprint density at radius 1 is 1.32 bits per heavy atom. The first-order valence-corrected chi connectivity index (χ1v) is 7.72. The largest absolute Gasteiger partial charge is 0.468 e. The number of nitrogens with one attached hydrogen (secondary N) is 1. The van der Waals surface area contributed by atoms with Crippen LogP contribution in [-0.4, -0.2) is 24.0 Å². The van der Waals surface area contributed by atoms with Crippen molar-refractivity contribution in [2.45, 2.75) is 5.75 Å². The average Bonchev–Trinajstić information content (AvgIpc) is 3.08. The summed E-state index contributed by atoms with van der Waals surface area (Å²) in [7, 11) is 0. The van der Waals surface area contributed by atoms with Gasteiger partial charge in [0.1, 0.15) is 5.76 Å². The first-order valence-electron chi connectivity index (χ1n) is 5.69. The van der Waals surface area contributed by atoms with Crippen molar-refractivity contribution in [2.75, 3.05) is 12.3 Å². The van der Waals surface area contributed by atoms with Crippen molar-refractivity contribution in [1.82, 2.24) is 5.32 Å². The molecule has 0 saturated carbocycles. The maximum atomic E-state index is 11.6. The van der Waals surface area contributed by atoms with Crippen LogP contribution >= 0.6 is 23.1 Å². The molecule has 2 aromatic heterocycles. The Balaban J connectivity index is 1.63. The predicted molar refractivity (Wildman–Crippen MR) is 76.5 cm³/mol. The molecule has 6 heteroatoms. The van der Waals surface area contributed by atoms with Crippen LogP contribution in [-0.2, 0) is 10.5 Å². The molecule has 0 radical (unpaired) electrons. The highest BCUT2D eigenvalue weighted by atomic mass is 32.2. The van der Waals surface area contributed by atoms with Crippen molar-refractivity contribution in [3.8, 4) is 0 Å². The van der Waals surface area contributed by atoms with E-state index in [1.807, 2.05) is 23.6 Å². The highest BCUT2D eigenvalue weighted by molar-refractivity contribution is 7.99. The molecule has 0 bridgehead atoms. The van der Waals surface area contributed by atoms with Crippen molar-refractivity contribution in [1.29, 1.82) is 0 Å². The monoisotopic (exact) mass is 295 g/mol. The second-order valence-electron chi connectivity index (χ2n) is 3.75. The van der Waals surface area contributed by atoms with Crippen LogP contribution in [0.15, 0.2) is 40.3 Å². The molecule has 0 aromatic carbocycles. The molecule has 2 rings (SSSR count). The first kappa shape index (κ1) is 13.9. The molecule has 1 N–H and O–H groups in total. The van der Waals surface area contributed by atoms with E-state index in [0.29, 0.717) is 16.4 Å². The molecule has 0 aliphatic carbocycles. The summed E-state index contributed by atoms with van der Waals surface area (Å²) in [6, 6.07) is 7.25. The fraction of sp³-hybridized carbons (Fsp3) is 0.231. The summed E-state index contributed by atoms with van der Waals surface area (Å²) in [4.78, 5) is 23.8. The molecule has 4 nitrogen and oxygen atoms in total.